The summed E-state index contributed by atoms with van der Waals surface area (Å²) in [6.45, 7) is 0. The number of nitrogens with zero attached hydrogens (tertiary/aromatic N) is 2. The van der Waals surface area contributed by atoms with Crippen molar-refractivity contribution in [2.45, 2.75) is 12.5 Å². The Bertz CT molecular complexity index is 744. The van der Waals surface area contributed by atoms with Gasteiger partial charge in [-0.3, -0.25) is 15.0 Å². The number of carboxylic acid groups (broad SMARTS) is 1. The summed E-state index contributed by atoms with van der Waals surface area (Å²) >= 11 is 0. The van der Waals surface area contributed by atoms with Crippen molar-refractivity contribution < 1.29 is 14.7 Å². The summed E-state index contributed by atoms with van der Waals surface area (Å²) in [6.07, 6.45) is -0.408. The molecule has 0 aromatic heterocycles. The highest BCUT2D eigenvalue weighted by Gasteiger charge is 2.37. The Morgan fingerprint density at radius 2 is 1.70 bits per heavy atom. The van der Waals surface area contributed by atoms with Crippen molar-refractivity contribution in [1.82, 2.24) is 5.32 Å². The maximum atomic E-state index is 12.2. The van der Waals surface area contributed by atoms with Gasteiger partial charge in [0.2, 0.25) is 11.9 Å². The summed E-state index contributed by atoms with van der Waals surface area (Å²) in [5.74, 6) is -1.39. The lowest BCUT2D eigenvalue weighted by Gasteiger charge is -2.24. The second kappa shape index (κ2) is 6.31. The first-order valence-corrected chi connectivity index (χ1v) is 7.14. The van der Waals surface area contributed by atoms with Gasteiger partial charge >= 0.3 is 0 Å². The minimum Gasteiger partial charge on any atom is -0.550 e. The van der Waals surface area contributed by atoms with Crippen LogP contribution in [0, 0.1) is 0 Å². The second-order valence-electron chi connectivity index (χ2n) is 5.06. The zero-order valence-electron chi connectivity index (χ0n) is 12.2. The predicted molar refractivity (Wildman–Crippen MR) is 84.0 cm³/mol. The molecule has 1 aliphatic rings. The predicted octanol–water partition coefficient (Wildman–Crippen LogP) is 0.819. The van der Waals surface area contributed by atoms with E-state index in [2.05, 4.69) is 10.3 Å². The van der Waals surface area contributed by atoms with Crippen LogP contribution in [0.25, 0.3) is 0 Å². The SMILES string of the molecule is O=C([O-])C[C@@H]1C(=O)NC(=Nc2ccccc2)N1c1ccccc1. The average Bonchev–Trinajstić information content (AvgIpc) is 2.84. The van der Waals surface area contributed by atoms with Gasteiger partial charge in [-0.15, -0.1) is 0 Å². The van der Waals surface area contributed by atoms with E-state index in [1.54, 1.807) is 29.2 Å². The normalized spacial score (nSPS) is 19.0. The Hall–Kier alpha value is -3.15. The zero-order valence-corrected chi connectivity index (χ0v) is 12.2. The van der Waals surface area contributed by atoms with E-state index >= 15 is 0 Å². The number of amides is 1. The molecule has 1 heterocycles. The number of benzene rings is 2. The molecule has 1 atom stereocenters. The van der Waals surface area contributed by atoms with Crippen molar-refractivity contribution in [3.05, 3.63) is 60.7 Å². The molecule has 6 heteroatoms. The number of carbonyl (C=O) groups is 2. The molecule has 6 nitrogen and oxygen atoms in total. The van der Waals surface area contributed by atoms with Crippen LogP contribution in [-0.4, -0.2) is 23.9 Å². The van der Waals surface area contributed by atoms with Crippen LogP contribution in [0.4, 0.5) is 11.4 Å². The number of nitrogens with one attached hydrogen (secondary N) is 1. The molecule has 0 spiro atoms. The molecule has 1 amide bonds. The number of rotatable bonds is 4. The van der Waals surface area contributed by atoms with E-state index in [1.165, 1.54) is 0 Å². The Labute approximate surface area is 133 Å². The molecule has 3 rings (SSSR count). The summed E-state index contributed by atoms with van der Waals surface area (Å²) in [4.78, 5) is 29.2. The van der Waals surface area contributed by atoms with Crippen LogP contribution >= 0.6 is 0 Å². The summed E-state index contributed by atoms with van der Waals surface area (Å²) < 4.78 is 0. The highest BCUT2D eigenvalue weighted by Crippen LogP contribution is 2.24. The highest BCUT2D eigenvalue weighted by atomic mass is 16.4. The molecule has 2 aromatic rings. The van der Waals surface area contributed by atoms with Crippen molar-refractivity contribution in [3.63, 3.8) is 0 Å². The fraction of sp³-hybridized carbons (Fsp3) is 0.118. The van der Waals surface area contributed by atoms with Crippen molar-refractivity contribution in [2.24, 2.45) is 4.99 Å². The van der Waals surface area contributed by atoms with Crippen molar-refractivity contribution in [3.8, 4) is 0 Å². The van der Waals surface area contributed by atoms with E-state index in [9.17, 15) is 14.7 Å². The maximum Gasteiger partial charge on any atom is 0.250 e. The van der Waals surface area contributed by atoms with E-state index in [-0.39, 0.29) is 0 Å². The molecule has 2 aromatic carbocycles. The van der Waals surface area contributed by atoms with E-state index < -0.39 is 24.3 Å². The van der Waals surface area contributed by atoms with Gasteiger partial charge in [0.05, 0.1) is 5.69 Å². The first-order valence-electron chi connectivity index (χ1n) is 7.14. The molecule has 116 valence electrons. The third-order valence-electron chi connectivity index (χ3n) is 3.46. The van der Waals surface area contributed by atoms with Gasteiger partial charge in [0, 0.05) is 18.1 Å². The van der Waals surface area contributed by atoms with E-state index in [1.807, 2.05) is 36.4 Å². The van der Waals surface area contributed by atoms with E-state index in [0.717, 1.165) is 0 Å². The fourth-order valence-electron chi connectivity index (χ4n) is 2.46. The van der Waals surface area contributed by atoms with Crippen LogP contribution in [0.3, 0.4) is 0 Å². The molecule has 1 aliphatic heterocycles. The Balaban J connectivity index is 2.02. The third-order valence-corrected chi connectivity index (χ3v) is 3.46. The quantitative estimate of drug-likeness (QED) is 0.906. The van der Waals surface area contributed by atoms with E-state index in [0.29, 0.717) is 17.3 Å². The lowest BCUT2D eigenvalue weighted by molar-refractivity contribution is -0.305. The molecule has 23 heavy (non-hydrogen) atoms. The van der Waals surface area contributed by atoms with Gasteiger partial charge in [0.15, 0.2) is 0 Å². The van der Waals surface area contributed by atoms with Crippen molar-refractivity contribution >= 4 is 29.2 Å². The van der Waals surface area contributed by atoms with Gasteiger partial charge < -0.3 is 9.90 Å². The summed E-state index contributed by atoms with van der Waals surface area (Å²) in [6, 6.07) is 17.3. The largest absolute Gasteiger partial charge is 0.550 e. The number of carboxylic acids is 1. The molecule has 0 unspecified atom stereocenters. The van der Waals surface area contributed by atoms with Crippen LogP contribution in [0.15, 0.2) is 65.7 Å². The molecule has 0 bridgehead atoms. The van der Waals surface area contributed by atoms with Gasteiger partial charge in [-0.1, -0.05) is 36.4 Å². The molecule has 0 radical (unpaired) electrons. The summed E-state index contributed by atoms with van der Waals surface area (Å²) in [5.41, 5.74) is 1.35. The highest BCUT2D eigenvalue weighted by molar-refractivity contribution is 6.17. The van der Waals surface area contributed by atoms with Gasteiger partial charge in [-0.2, -0.15) is 0 Å². The number of anilines is 1. The molecule has 1 N–H and O–H groups in total. The molecule has 0 aliphatic carbocycles. The average molecular weight is 308 g/mol. The fourth-order valence-corrected chi connectivity index (χ4v) is 2.46. The smallest absolute Gasteiger partial charge is 0.250 e. The summed E-state index contributed by atoms with van der Waals surface area (Å²) in [5, 5.41) is 13.6. The number of carbonyl (C=O) groups excluding carboxylic acids is 2. The lowest BCUT2D eigenvalue weighted by Crippen LogP contribution is -2.40. The number of aliphatic imine (C=N–C) groups is 1. The molecular formula is C17H14N3O3-. The number of aliphatic carboxylic acids is 1. The van der Waals surface area contributed by atoms with Gasteiger partial charge in [-0.25, -0.2) is 4.99 Å². The number of para-hydroxylation sites is 2. The number of hydrogen-bond acceptors (Lipinski definition) is 4. The topological polar surface area (TPSA) is 84.8 Å². The maximum absolute atomic E-state index is 12.2. The monoisotopic (exact) mass is 308 g/mol. The van der Waals surface area contributed by atoms with Crippen molar-refractivity contribution in [2.75, 3.05) is 4.90 Å². The molecule has 1 fully saturated rings. The Kier molecular flexibility index (Phi) is 4.05. The number of guanidine groups is 1. The summed E-state index contributed by atoms with van der Waals surface area (Å²) in [7, 11) is 0. The minimum absolute atomic E-state index is 0.304. The standard InChI is InChI=1S/C17H15N3O3/c21-15(22)11-14-16(23)19-17(18-12-7-3-1-4-8-12)20(14)13-9-5-2-6-10-13/h1-10,14H,11H2,(H,21,22)(H,18,19,23)/p-1/t14-/m1/s1. The number of hydrogen-bond donors (Lipinski definition) is 1. The van der Waals surface area contributed by atoms with Gasteiger partial charge in [0.25, 0.3) is 0 Å². The van der Waals surface area contributed by atoms with Crippen LogP contribution in [0.1, 0.15) is 6.42 Å². The first kappa shape index (κ1) is 14.8. The van der Waals surface area contributed by atoms with Crippen LogP contribution in [-0.2, 0) is 9.59 Å². The second-order valence-corrected chi connectivity index (χ2v) is 5.06. The van der Waals surface area contributed by atoms with Gasteiger partial charge in [-0.05, 0) is 24.3 Å². The van der Waals surface area contributed by atoms with Crippen LogP contribution in [0.5, 0.6) is 0 Å². The zero-order chi connectivity index (χ0) is 16.2. The first-order chi connectivity index (χ1) is 11.1. The van der Waals surface area contributed by atoms with Crippen molar-refractivity contribution in [1.29, 1.82) is 0 Å². The third kappa shape index (κ3) is 3.21. The van der Waals surface area contributed by atoms with E-state index in [4.69, 9.17) is 0 Å². The Morgan fingerprint density at radius 3 is 2.30 bits per heavy atom. The van der Waals surface area contributed by atoms with Crippen LogP contribution < -0.4 is 15.3 Å². The van der Waals surface area contributed by atoms with Crippen LogP contribution in [0.2, 0.25) is 0 Å². The molecule has 1 saturated heterocycles. The lowest BCUT2D eigenvalue weighted by atomic mass is 10.1. The molecule has 0 saturated carbocycles. The van der Waals surface area contributed by atoms with Gasteiger partial charge in [0.1, 0.15) is 6.04 Å². The Morgan fingerprint density at radius 1 is 1.09 bits per heavy atom. The minimum atomic E-state index is -1.29. The molecular weight excluding hydrogens is 294 g/mol.